The van der Waals surface area contributed by atoms with E-state index >= 15 is 0 Å². The summed E-state index contributed by atoms with van der Waals surface area (Å²) >= 11 is 0. The molecule has 1 aliphatic rings. The van der Waals surface area contributed by atoms with Crippen LogP contribution < -0.4 is 18.9 Å². The number of hydrogen-bond acceptors (Lipinski definition) is 4. The minimum absolute atomic E-state index is 0.216. The molecule has 1 heterocycles. The molecule has 19 heavy (non-hydrogen) atoms. The predicted molar refractivity (Wildman–Crippen MR) is 69.9 cm³/mol. The number of ether oxygens (including phenoxy) is 4. The Bertz CT molecular complexity index is 566. The summed E-state index contributed by atoms with van der Waals surface area (Å²) in [5.74, 6) is 2.61. The SMILES string of the molecule is COc1cc(OCc2ccccc2)cc2c1OCO2. The van der Waals surface area contributed by atoms with E-state index in [4.69, 9.17) is 18.9 Å². The highest BCUT2D eigenvalue weighted by Crippen LogP contribution is 2.44. The molecule has 0 spiro atoms. The van der Waals surface area contributed by atoms with Crippen LogP contribution in [0.25, 0.3) is 0 Å². The molecule has 4 heteroatoms. The zero-order valence-electron chi connectivity index (χ0n) is 10.6. The van der Waals surface area contributed by atoms with E-state index < -0.39 is 0 Å². The number of rotatable bonds is 4. The largest absolute Gasteiger partial charge is 0.493 e. The Labute approximate surface area is 111 Å². The third kappa shape index (κ3) is 2.42. The number of fused-ring (bicyclic) bond motifs is 1. The average molecular weight is 258 g/mol. The van der Waals surface area contributed by atoms with Gasteiger partial charge in [0.25, 0.3) is 0 Å². The topological polar surface area (TPSA) is 36.9 Å². The lowest BCUT2D eigenvalue weighted by atomic mass is 10.2. The van der Waals surface area contributed by atoms with E-state index in [0.29, 0.717) is 29.6 Å². The van der Waals surface area contributed by atoms with Gasteiger partial charge in [-0.1, -0.05) is 30.3 Å². The van der Waals surface area contributed by atoms with Crippen molar-refractivity contribution in [1.82, 2.24) is 0 Å². The van der Waals surface area contributed by atoms with E-state index in [1.54, 1.807) is 13.2 Å². The van der Waals surface area contributed by atoms with Crippen LogP contribution in [0, 0.1) is 0 Å². The Morgan fingerprint density at radius 3 is 2.74 bits per heavy atom. The number of benzene rings is 2. The van der Waals surface area contributed by atoms with Crippen molar-refractivity contribution < 1.29 is 18.9 Å². The molecule has 0 N–H and O–H groups in total. The van der Waals surface area contributed by atoms with Gasteiger partial charge in [-0.2, -0.15) is 0 Å². The molecule has 0 saturated carbocycles. The standard InChI is InChI=1S/C15H14O4/c1-16-13-7-12(8-14-15(13)19-10-18-14)17-9-11-5-3-2-4-6-11/h2-8H,9-10H2,1H3. The summed E-state index contributed by atoms with van der Waals surface area (Å²) in [7, 11) is 1.60. The monoisotopic (exact) mass is 258 g/mol. The zero-order valence-corrected chi connectivity index (χ0v) is 10.6. The summed E-state index contributed by atoms with van der Waals surface area (Å²) in [5, 5.41) is 0. The first-order valence-electron chi connectivity index (χ1n) is 6.01. The summed E-state index contributed by atoms with van der Waals surface area (Å²) in [6.07, 6.45) is 0. The zero-order chi connectivity index (χ0) is 13.1. The summed E-state index contributed by atoms with van der Waals surface area (Å²) in [4.78, 5) is 0. The molecule has 0 amide bonds. The van der Waals surface area contributed by atoms with Gasteiger partial charge in [-0.3, -0.25) is 0 Å². The highest BCUT2D eigenvalue weighted by Gasteiger charge is 2.20. The highest BCUT2D eigenvalue weighted by atomic mass is 16.7. The molecule has 98 valence electrons. The molecule has 0 atom stereocenters. The molecule has 4 nitrogen and oxygen atoms in total. The Morgan fingerprint density at radius 2 is 1.95 bits per heavy atom. The average Bonchev–Trinajstić information content (AvgIpc) is 2.93. The lowest BCUT2D eigenvalue weighted by Crippen LogP contribution is -1.96. The Kier molecular flexibility index (Phi) is 3.14. The van der Waals surface area contributed by atoms with Crippen LogP contribution in [0.15, 0.2) is 42.5 Å². The van der Waals surface area contributed by atoms with E-state index in [1.165, 1.54) is 0 Å². The molecule has 0 radical (unpaired) electrons. The fourth-order valence-corrected chi connectivity index (χ4v) is 1.93. The van der Waals surface area contributed by atoms with Crippen LogP contribution in [0.2, 0.25) is 0 Å². The molecule has 2 aromatic carbocycles. The number of hydrogen-bond donors (Lipinski definition) is 0. The smallest absolute Gasteiger partial charge is 0.231 e. The maximum atomic E-state index is 5.74. The third-order valence-electron chi connectivity index (χ3n) is 2.88. The maximum Gasteiger partial charge on any atom is 0.231 e. The molecule has 1 aliphatic heterocycles. The first kappa shape index (κ1) is 11.7. The Morgan fingerprint density at radius 1 is 1.11 bits per heavy atom. The van der Waals surface area contributed by atoms with Gasteiger partial charge in [0, 0.05) is 12.1 Å². The van der Waals surface area contributed by atoms with Gasteiger partial charge in [0.1, 0.15) is 12.4 Å². The third-order valence-corrected chi connectivity index (χ3v) is 2.88. The minimum Gasteiger partial charge on any atom is -0.493 e. The van der Waals surface area contributed by atoms with E-state index in [2.05, 4.69) is 0 Å². The van der Waals surface area contributed by atoms with Crippen molar-refractivity contribution in [3.8, 4) is 23.0 Å². The van der Waals surface area contributed by atoms with Crippen molar-refractivity contribution in [1.29, 1.82) is 0 Å². The fraction of sp³-hybridized carbons (Fsp3) is 0.200. The second-order valence-electron chi connectivity index (χ2n) is 4.13. The molecule has 0 aromatic heterocycles. The van der Waals surface area contributed by atoms with E-state index in [9.17, 15) is 0 Å². The molecule has 0 saturated heterocycles. The van der Waals surface area contributed by atoms with Crippen molar-refractivity contribution in [3.63, 3.8) is 0 Å². The van der Waals surface area contributed by atoms with Gasteiger partial charge in [-0.15, -0.1) is 0 Å². The molecule has 2 aromatic rings. The summed E-state index contributed by atoms with van der Waals surface area (Å²) < 4.78 is 21.7. The molecule has 0 fully saturated rings. The first-order valence-corrected chi connectivity index (χ1v) is 6.01. The quantitative estimate of drug-likeness (QED) is 0.844. The fourth-order valence-electron chi connectivity index (χ4n) is 1.93. The van der Waals surface area contributed by atoms with Gasteiger partial charge in [-0.05, 0) is 5.56 Å². The van der Waals surface area contributed by atoms with Crippen molar-refractivity contribution in [2.45, 2.75) is 6.61 Å². The number of methoxy groups -OCH3 is 1. The molecule has 0 aliphatic carbocycles. The van der Waals surface area contributed by atoms with Gasteiger partial charge in [0.15, 0.2) is 11.5 Å². The van der Waals surface area contributed by atoms with Crippen LogP contribution in [0.1, 0.15) is 5.56 Å². The lowest BCUT2D eigenvalue weighted by molar-refractivity contribution is 0.171. The molecule has 3 rings (SSSR count). The van der Waals surface area contributed by atoms with Gasteiger partial charge in [-0.25, -0.2) is 0 Å². The van der Waals surface area contributed by atoms with Crippen LogP contribution in [0.5, 0.6) is 23.0 Å². The van der Waals surface area contributed by atoms with E-state index in [0.717, 1.165) is 5.56 Å². The van der Waals surface area contributed by atoms with Crippen molar-refractivity contribution in [2.75, 3.05) is 13.9 Å². The molecular formula is C15H14O4. The molecule has 0 bridgehead atoms. The highest BCUT2D eigenvalue weighted by molar-refractivity contribution is 5.57. The lowest BCUT2D eigenvalue weighted by Gasteiger charge is -2.10. The minimum atomic E-state index is 0.216. The van der Waals surface area contributed by atoms with Gasteiger partial charge in [0.2, 0.25) is 12.5 Å². The Balaban J connectivity index is 1.78. The molecule has 0 unspecified atom stereocenters. The Hall–Kier alpha value is -2.36. The molecular weight excluding hydrogens is 244 g/mol. The van der Waals surface area contributed by atoms with Crippen LogP contribution in [-0.4, -0.2) is 13.9 Å². The maximum absolute atomic E-state index is 5.74. The van der Waals surface area contributed by atoms with Crippen LogP contribution in [-0.2, 0) is 6.61 Å². The van der Waals surface area contributed by atoms with Gasteiger partial charge < -0.3 is 18.9 Å². The van der Waals surface area contributed by atoms with Crippen molar-refractivity contribution in [2.24, 2.45) is 0 Å². The summed E-state index contributed by atoms with van der Waals surface area (Å²) in [6.45, 7) is 0.720. The van der Waals surface area contributed by atoms with Crippen LogP contribution in [0.3, 0.4) is 0 Å². The summed E-state index contributed by atoms with van der Waals surface area (Å²) in [6, 6.07) is 13.6. The van der Waals surface area contributed by atoms with E-state index in [-0.39, 0.29) is 6.79 Å². The van der Waals surface area contributed by atoms with Crippen LogP contribution >= 0.6 is 0 Å². The summed E-state index contributed by atoms with van der Waals surface area (Å²) in [5.41, 5.74) is 1.11. The second kappa shape index (κ2) is 5.10. The van der Waals surface area contributed by atoms with E-state index in [1.807, 2.05) is 36.4 Å². The van der Waals surface area contributed by atoms with Crippen LogP contribution in [0.4, 0.5) is 0 Å². The van der Waals surface area contributed by atoms with Crippen molar-refractivity contribution >= 4 is 0 Å². The van der Waals surface area contributed by atoms with Gasteiger partial charge >= 0.3 is 0 Å². The van der Waals surface area contributed by atoms with Crippen molar-refractivity contribution in [3.05, 3.63) is 48.0 Å². The normalized spacial score (nSPS) is 12.3. The second-order valence-corrected chi connectivity index (χ2v) is 4.13. The predicted octanol–water partition coefficient (Wildman–Crippen LogP) is 3.00. The first-order chi connectivity index (χ1) is 9.36. The van der Waals surface area contributed by atoms with Gasteiger partial charge in [0.05, 0.1) is 7.11 Å².